The van der Waals surface area contributed by atoms with Crippen molar-refractivity contribution in [1.29, 1.82) is 0 Å². The Morgan fingerprint density at radius 2 is 1.85 bits per heavy atom. The third-order valence-corrected chi connectivity index (χ3v) is 11.0. The van der Waals surface area contributed by atoms with E-state index in [1.165, 1.54) is 16.2 Å². The first-order valence-electron chi connectivity index (χ1n) is 13.2. The summed E-state index contributed by atoms with van der Waals surface area (Å²) in [5.74, 6) is -1.01. The molecule has 2 N–H and O–H groups in total. The number of carboxylic acid groups (broad SMARTS) is 1. The number of carbonyl (C=O) groups excluding carboxylic acids is 1. The van der Waals surface area contributed by atoms with Crippen LogP contribution in [0.25, 0.3) is 0 Å². The third kappa shape index (κ3) is 4.99. The molecule has 0 bridgehead atoms. The number of rotatable bonds is 7. The highest BCUT2D eigenvalue weighted by Crippen LogP contribution is 2.67. The van der Waals surface area contributed by atoms with Crippen LogP contribution in [0.3, 0.4) is 0 Å². The SMILES string of the molecule is CC1(C)[C@@H]2C[C@H](N(C[C@@H](O)c3sccc3Cl)C(=O)c3cnn([C@H]4CC[C@](C)(C(=O)O)CC4)c3C(F)(F)F)C[C@@H]21. The van der Waals surface area contributed by atoms with Gasteiger partial charge in [-0.3, -0.25) is 14.3 Å². The normalized spacial score (nSPS) is 30.6. The van der Waals surface area contributed by atoms with E-state index in [4.69, 9.17) is 11.6 Å². The highest BCUT2D eigenvalue weighted by molar-refractivity contribution is 7.10. The Morgan fingerprint density at radius 1 is 1.23 bits per heavy atom. The van der Waals surface area contributed by atoms with Crippen molar-refractivity contribution in [3.8, 4) is 0 Å². The van der Waals surface area contributed by atoms with Gasteiger partial charge >= 0.3 is 12.1 Å². The van der Waals surface area contributed by atoms with Crippen molar-refractivity contribution in [1.82, 2.24) is 14.7 Å². The fourth-order valence-electron chi connectivity index (χ4n) is 6.87. The number of carbonyl (C=O) groups is 2. The zero-order valence-electron chi connectivity index (χ0n) is 22.0. The maximum Gasteiger partial charge on any atom is 0.433 e. The van der Waals surface area contributed by atoms with E-state index in [1.807, 2.05) is 0 Å². The van der Waals surface area contributed by atoms with Crippen LogP contribution in [-0.2, 0) is 11.0 Å². The van der Waals surface area contributed by atoms with Gasteiger partial charge in [0.1, 0.15) is 6.10 Å². The van der Waals surface area contributed by atoms with Crippen LogP contribution in [-0.4, -0.2) is 49.4 Å². The summed E-state index contributed by atoms with van der Waals surface area (Å²) >= 11 is 7.44. The van der Waals surface area contributed by atoms with Gasteiger partial charge in [-0.15, -0.1) is 11.3 Å². The van der Waals surface area contributed by atoms with Crippen LogP contribution < -0.4 is 0 Å². The summed E-state index contributed by atoms with van der Waals surface area (Å²) in [6.45, 7) is 5.75. The molecule has 2 aromatic rings. The summed E-state index contributed by atoms with van der Waals surface area (Å²) in [5.41, 5.74) is -2.51. The number of nitrogens with zero attached hydrogens (tertiary/aromatic N) is 3. The minimum Gasteiger partial charge on any atom is -0.481 e. The van der Waals surface area contributed by atoms with Gasteiger partial charge < -0.3 is 15.1 Å². The predicted molar refractivity (Wildman–Crippen MR) is 140 cm³/mol. The van der Waals surface area contributed by atoms with Crippen molar-refractivity contribution in [3.05, 3.63) is 38.8 Å². The van der Waals surface area contributed by atoms with E-state index in [0.29, 0.717) is 34.6 Å². The summed E-state index contributed by atoms with van der Waals surface area (Å²) in [4.78, 5) is 27.4. The largest absolute Gasteiger partial charge is 0.481 e. The molecular weight excluding hydrogens is 555 g/mol. The maximum absolute atomic E-state index is 14.5. The topological polar surface area (TPSA) is 95.7 Å². The van der Waals surface area contributed by atoms with Gasteiger partial charge in [0.15, 0.2) is 5.69 Å². The molecule has 7 nitrogen and oxygen atoms in total. The number of carboxylic acids is 1. The third-order valence-electron chi connectivity index (χ3n) is 9.57. The van der Waals surface area contributed by atoms with Crippen LogP contribution in [0.2, 0.25) is 5.02 Å². The zero-order chi connectivity index (χ0) is 28.5. The Kier molecular flexibility index (Phi) is 7.12. The number of hydrogen-bond donors (Lipinski definition) is 2. The lowest BCUT2D eigenvalue weighted by Gasteiger charge is -2.35. The van der Waals surface area contributed by atoms with Gasteiger partial charge in [0.05, 0.1) is 39.7 Å². The highest BCUT2D eigenvalue weighted by Gasteiger charge is 2.63. The van der Waals surface area contributed by atoms with E-state index in [9.17, 15) is 33.0 Å². The van der Waals surface area contributed by atoms with Crippen molar-refractivity contribution in [3.63, 3.8) is 0 Å². The molecular formula is C27H33ClF3N3O4S. The summed E-state index contributed by atoms with van der Waals surface area (Å²) in [7, 11) is 0. The molecule has 0 saturated heterocycles. The van der Waals surface area contributed by atoms with E-state index in [2.05, 4.69) is 18.9 Å². The first kappa shape index (κ1) is 28.4. The minimum atomic E-state index is -4.85. The van der Waals surface area contributed by atoms with Crippen LogP contribution in [0.4, 0.5) is 13.2 Å². The van der Waals surface area contributed by atoms with Crippen LogP contribution in [0.5, 0.6) is 0 Å². The van der Waals surface area contributed by atoms with Crippen LogP contribution in [0, 0.1) is 22.7 Å². The van der Waals surface area contributed by atoms with E-state index in [1.54, 1.807) is 18.4 Å². The molecule has 39 heavy (non-hydrogen) atoms. The smallest absolute Gasteiger partial charge is 0.433 e. The lowest BCUT2D eigenvalue weighted by molar-refractivity contribution is -0.152. The van der Waals surface area contributed by atoms with Gasteiger partial charge in [-0.05, 0) is 74.1 Å². The van der Waals surface area contributed by atoms with Crippen molar-refractivity contribution in [2.75, 3.05) is 6.54 Å². The fourth-order valence-corrected chi connectivity index (χ4v) is 8.03. The van der Waals surface area contributed by atoms with Gasteiger partial charge in [0.25, 0.3) is 5.91 Å². The number of thiophene rings is 1. The molecule has 0 aromatic carbocycles. The quantitative estimate of drug-likeness (QED) is 0.389. The van der Waals surface area contributed by atoms with Gasteiger partial charge in [-0.2, -0.15) is 18.3 Å². The van der Waals surface area contributed by atoms with Crippen molar-refractivity contribution in [2.45, 2.75) is 83.7 Å². The van der Waals surface area contributed by atoms with E-state index in [0.717, 1.165) is 10.9 Å². The number of fused-ring (bicyclic) bond motifs is 1. The second-order valence-electron chi connectivity index (χ2n) is 12.2. The Morgan fingerprint density at radius 3 is 2.36 bits per heavy atom. The van der Waals surface area contributed by atoms with Crippen LogP contribution >= 0.6 is 22.9 Å². The maximum atomic E-state index is 14.5. The number of halogens is 4. The van der Waals surface area contributed by atoms with Crippen LogP contribution in [0.1, 0.15) is 92.4 Å². The molecule has 0 radical (unpaired) electrons. The number of amides is 1. The standard InChI is InChI=1S/C27H33ClF3N3O4S/c1-25(2)17-10-15(11-18(17)25)33(13-20(35)21-19(28)6-9-39-21)23(36)16-12-32-34(22(16)27(29,30)31)14-4-7-26(3,8-5-14)24(37)38/h6,9,12,14-15,17-18,20,35H,4-5,7-8,10-11,13H2,1-3H3,(H,37,38)/t14-,15-,17+,18-,20-,26-/m1/s1. The van der Waals surface area contributed by atoms with Gasteiger partial charge in [-0.25, -0.2) is 0 Å². The lowest BCUT2D eigenvalue weighted by Crippen LogP contribution is -2.43. The predicted octanol–water partition coefficient (Wildman–Crippen LogP) is 6.43. The minimum absolute atomic E-state index is 0.147. The summed E-state index contributed by atoms with van der Waals surface area (Å²) in [6, 6.07) is 0.666. The molecule has 5 rings (SSSR count). The Hall–Kier alpha value is -2.11. The van der Waals surface area contributed by atoms with Crippen LogP contribution in [0.15, 0.2) is 17.6 Å². The van der Waals surface area contributed by atoms with E-state index < -0.39 is 46.9 Å². The number of alkyl halides is 3. The number of hydrogen-bond acceptors (Lipinski definition) is 5. The molecule has 3 fully saturated rings. The molecule has 2 heterocycles. The second-order valence-corrected chi connectivity index (χ2v) is 13.6. The van der Waals surface area contributed by atoms with Crippen molar-refractivity contribution < 1.29 is 33.0 Å². The Labute approximate surface area is 233 Å². The number of aliphatic carboxylic acids is 1. The van der Waals surface area contributed by atoms with Crippen molar-refractivity contribution >= 4 is 34.8 Å². The van der Waals surface area contributed by atoms with Gasteiger partial charge in [0.2, 0.25) is 0 Å². The second kappa shape index (κ2) is 9.76. The highest BCUT2D eigenvalue weighted by atomic mass is 35.5. The molecule has 0 aliphatic heterocycles. The summed E-state index contributed by atoms with van der Waals surface area (Å²) < 4.78 is 44.4. The average Bonchev–Trinajstić information content (AvgIpc) is 3.42. The first-order valence-corrected chi connectivity index (χ1v) is 14.5. The monoisotopic (exact) mass is 587 g/mol. The summed E-state index contributed by atoms with van der Waals surface area (Å²) in [6.07, 6.45) is -2.82. The molecule has 214 valence electrons. The molecule has 3 aliphatic rings. The van der Waals surface area contributed by atoms with E-state index >= 15 is 0 Å². The first-order chi connectivity index (χ1) is 18.1. The number of aliphatic hydroxyl groups is 1. The lowest BCUT2D eigenvalue weighted by atomic mass is 9.74. The molecule has 4 atom stereocenters. The molecule has 3 aliphatic carbocycles. The number of aliphatic hydroxyl groups excluding tert-OH is 1. The Balaban J connectivity index is 1.45. The Bertz CT molecular complexity index is 1250. The van der Waals surface area contributed by atoms with Crippen molar-refractivity contribution in [2.24, 2.45) is 22.7 Å². The average molecular weight is 588 g/mol. The summed E-state index contributed by atoms with van der Waals surface area (Å²) in [5, 5.41) is 26.6. The zero-order valence-corrected chi connectivity index (χ0v) is 23.6. The molecule has 0 spiro atoms. The fraction of sp³-hybridized carbons (Fsp3) is 0.667. The molecule has 1 amide bonds. The van der Waals surface area contributed by atoms with Gasteiger partial charge in [-0.1, -0.05) is 25.4 Å². The van der Waals surface area contributed by atoms with Gasteiger partial charge in [0, 0.05) is 6.04 Å². The molecule has 0 unspecified atom stereocenters. The molecule has 12 heteroatoms. The number of aromatic nitrogens is 2. The van der Waals surface area contributed by atoms with E-state index in [-0.39, 0.29) is 43.7 Å². The molecule has 3 saturated carbocycles. The molecule has 2 aromatic heterocycles.